The summed E-state index contributed by atoms with van der Waals surface area (Å²) in [6.45, 7) is 0. The van der Waals surface area contributed by atoms with Crippen LogP contribution in [0.4, 0.5) is 13.2 Å². The molecule has 0 amide bonds. The maximum absolute atomic E-state index is 12.7. The van der Waals surface area contributed by atoms with Gasteiger partial charge in [-0.15, -0.1) is 0 Å². The summed E-state index contributed by atoms with van der Waals surface area (Å²) in [5, 5.41) is 4.63. The maximum atomic E-state index is 12.7. The average molecular weight is 336 g/mol. The largest absolute Gasteiger partial charge is 0.416 e. The first-order valence-electron chi connectivity index (χ1n) is 8.07. The van der Waals surface area contributed by atoms with E-state index in [2.05, 4.69) is 30.3 Å². The number of benzene rings is 4. The molecule has 0 aliphatic carbocycles. The number of halogens is 3. The van der Waals surface area contributed by atoms with Crippen LogP contribution in [0.25, 0.3) is 21.5 Å². The molecular formula is C22H15F3. The first kappa shape index (κ1) is 15.7. The second-order valence-electron chi connectivity index (χ2n) is 6.21. The van der Waals surface area contributed by atoms with Crippen LogP contribution in [0.2, 0.25) is 0 Å². The van der Waals surface area contributed by atoms with Gasteiger partial charge in [0, 0.05) is 0 Å². The number of rotatable bonds is 2. The first-order chi connectivity index (χ1) is 12.0. The molecule has 0 radical (unpaired) electrons. The van der Waals surface area contributed by atoms with Gasteiger partial charge in [0.15, 0.2) is 0 Å². The molecule has 0 nitrogen and oxygen atoms in total. The Bertz CT molecular complexity index is 1040. The van der Waals surface area contributed by atoms with Crippen LogP contribution in [0.3, 0.4) is 0 Å². The second-order valence-corrected chi connectivity index (χ2v) is 6.21. The van der Waals surface area contributed by atoms with Gasteiger partial charge in [-0.25, -0.2) is 0 Å². The van der Waals surface area contributed by atoms with Crippen LogP contribution in [0.15, 0.2) is 78.9 Å². The highest BCUT2D eigenvalue weighted by Gasteiger charge is 2.29. The van der Waals surface area contributed by atoms with Crippen LogP contribution in [-0.4, -0.2) is 0 Å². The number of alkyl halides is 3. The SMILES string of the molecule is FC(F)(F)c1ccc(Cc2cccc3cc4ccccc4cc23)cc1. The Kier molecular flexibility index (Phi) is 3.72. The summed E-state index contributed by atoms with van der Waals surface area (Å²) in [4.78, 5) is 0. The van der Waals surface area contributed by atoms with Crippen LogP contribution in [0, 0.1) is 0 Å². The Labute approximate surface area is 143 Å². The minimum atomic E-state index is -4.29. The quantitative estimate of drug-likeness (QED) is 0.362. The summed E-state index contributed by atoms with van der Waals surface area (Å²) in [5.41, 5.74) is 1.37. The number of hydrogen-bond donors (Lipinski definition) is 0. The predicted octanol–water partition coefficient (Wildman–Crippen LogP) is 6.60. The van der Waals surface area contributed by atoms with Crippen molar-refractivity contribution in [3.05, 3.63) is 95.6 Å². The summed E-state index contributed by atoms with van der Waals surface area (Å²) in [7, 11) is 0. The van der Waals surface area contributed by atoms with Gasteiger partial charge in [-0.3, -0.25) is 0 Å². The smallest absolute Gasteiger partial charge is 0.166 e. The second kappa shape index (κ2) is 5.92. The van der Waals surface area contributed by atoms with Crippen molar-refractivity contribution < 1.29 is 13.2 Å². The van der Waals surface area contributed by atoms with Crippen molar-refractivity contribution in [3.63, 3.8) is 0 Å². The highest BCUT2D eigenvalue weighted by atomic mass is 19.4. The maximum Gasteiger partial charge on any atom is 0.416 e. The zero-order valence-corrected chi connectivity index (χ0v) is 13.3. The molecular weight excluding hydrogens is 321 g/mol. The summed E-state index contributed by atoms with van der Waals surface area (Å²) < 4.78 is 38.1. The van der Waals surface area contributed by atoms with E-state index in [1.165, 1.54) is 5.39 Å². The van der Waals surface area contributed by atoms with Crippen LogP contribution < -0.4 is 0 Å². The molecule has 0 N–H and O–H groups in total. The van der Waals surface area contributed by atoms with Crippen LogP contribution in [0.5, 0.6) is 0 Å². The lowest BCUT2D eigenvalue weighted by molar-refractivity contribution is -0.137. The molecule has 0 spiro atoms. The molecule has 4 aromatic carbocycles. The fraction of sp³-hybridized carbons (Fsp3) is 0.0909. The van der Waals surface area contributed by atoms with Gasteiger partial charge in [0.05, 0.1) is 5.56 Å². The van der Waals surface area contributed by atoms with E-state index in [4.69, 9.17) is 0 Å². The van der Waals surface area contributed by atoms with E-state index >= 15 is 0 Å². The molecule has 0 aromatic heterocycles. The molecule has 0 saturated carbocycles. The van der Waals surface area contributed by atoms with E-state index in [1.807, 2.05) is 24.3 Å². The lowest BCUT2D eigenvalue weighted by Gasteiger charge is -2.10. The van der Waals surface area contributed by atoms with Crippen molar-refractivity contribution in [2.45, 2.75) is 12.6 Å². The van der Waals surface area contributed by atoms with E-state index in [0.29, 0.717) is 6.42 Å². The van der Waals surface area contributed by atoms with Crippen LogP contribution in [0.1, 0.15) is 16.7 Å². The molecule has 3 heteroatoms. The topological polar surface area (TPSA) is 0 Å². The van der Waals surface area contributed by atoms with Gasteiger partial charge in [0.1, 0.15) is 0 Å². The average Bonchev–Trinajstić information content (AvgIpc) is 2.60. The zero-order valence-electron chi connectivity index (χ0n) is 13.3. The lowest BCUT2D eigenvalue weighted by atomic mass is 9.95. The fourth-order valence-electron chi connectivity index (χ4n) is 3.22. The zero-order chi connectivity index (χ0) is 17.4. The number of fused-ring (bicyclic) bond motifs is 2. The third-order valence-corrected chi connectivity index (χ3v) is 4.51. The molecule has 0 bridgehead atoms. The highest BCUT2D eigenvalue weighted by molar-refractivity contribution is 5.99. The predicted molar refractivity (Wildman–Crippen MR) is 95.7 cm³/mol. The fourth-order valence-corrected chi connectivity index (χ4v) is 3.22. The molecule has 0 aliphatic heterocycles. The molecule has 0 atom stereocenters. The Morgan fingerprint density at radius 2 is 1.28 bits per heavy atom. The van der Waals surface area contributed by atoms with Gasteiger partial charge >= 0.3 is 6.18 Å². The van der Waals surface area contributed by atoms with Crippen molar-refractivity contribution in [1.29, 1.82) is 0 Å². The van der Waals surface area contributed by atoms with Gasteiger partial charge in [-0.05, 0) is 63.4 Å². The van der Waals surface area contributed by atoms with E-state index in [0.717, 1.165) is 39.4 Å². The van der Waals surface area contributed by atoms with Crippen molar-refractivity contribution in [2.24, 2.45) is 0 Å². The third kappa shape index (κ3) is 3.10. The van der Waals surface area contributed by atoms with Crippen molar-refractivity contribution in [1.82, 2.24) is 0 Å². The molecule has 0 unspecified atom stereocenters. The first-order valence-corrected chi connectivity index (χ1v) is 8.07. The molecule has 0 fully saturated rings. The monoisotopic (exact) mass is 336 g/mol. The lowest BCUT2D eigenvalue weighted by Crippen LogP contribution is -2.04. The normalized spacial score (nSPS) is 12.0. The van der Waals surface area contributed by atoms with Crippen molar-refractivity contribution >= 4 is 21.5 Å². The molecule has 0 aliphatic rings. The van der Waals surface area contributed by atoms with Gasteiger partial charge in [0.25, 0.3) is 0 Å². The molecule has 4 aromatic rings. The van der Waals surface area contributed by atoms with Gasteiger partial charge in [-0.1, -0.05) is 54.6 Å². The highest BCUT2D eigenvalue weighted by Crippen LogP contribution is 2.30. The molecule has 124 valence electrons. The van der Waals surface area contributed by atoms with Crippen LogP contribution in [-0.2, 0) is 12.6 Å². The Morgan fingerprint density at radius 1 is 0.640 bits per heavy atom. The number of hydrogen-bond acceptors (Lipinski definition) is 0. The third-order valence-electron chi connectivity index (χ3n) is 4.51. The minimum absolute atomic E-state index is 0.605. The molecule has 0 heterocycles. The summed E-state index contributed by atoms with van der Waals surface area (Å²) in [6, 6.07) is 24.0. The molecule has 0 saturated heterocycles. The van der Waals surface area contributed by atoms with Crippen molar-refractivity contribution in [2.75, 3.05) is 0 Å². The Balaban J connectivity index is 1.75. The van der Waals surface area contributed by atoms with E-state index < -0.39 is 11.7 Å². The molecule has 4 rings (SSSR count). The Hall–Kier alpha value is -2.81. The summed E-state index contributed by atoms with van der Waals surface area (Å²) in [5.74, 6) is 0. The standard InChI is InChI=1S/C22H15F3/c23-22(24,25)20-10-8-15(9-11-20)12-18-6-3-7-19-13-16-4-1-2-5-17(16)14-21(18)19/h1-11,13-14H,12H2. The van der Waals surface area contributed by atoms with Crippen LogP contribution >= 0.6 is 0 Å². The molecule has 25 heavy (non-hydrogen) atoms. The van der Waals surface area contributed by atoms with E-state index in [1.54, 1.807) is 12.1 Å². The van der Waals surface area contributed by atoms with Gasteiger partial charge < -0.3 is 0 Å². The summed E-state index contributed by atoms with van der Waals surface area (Å²) in [6.07, 6.45) is -3.69. The minimum Gasteiger partial charge on any atom is -0.166 e. The summed E-state index contributed by atoms with van der Waals surface area (Å²) >= 11 is 0. The van der Waals surface area contributed by atoms with Gasteiger partial charge in [0.2, 0.25) is 0 Å². The van der Waals surface area contributed by atoms with Crippen molar-refractivity contribution in [3.8, 4) is 0 Å². The van der Waals surface area contributed by atoms with E-state index in [-0.39, 0.29) is 0 Å². The van der Waals surface area contributed by atoms with E-state index in [9.17, 15) is 13.2 Å². The van der Waals surface area contributed by atoms with Gasteiger partial charge in [-0.2, -0.15) is 13.2 Å². The Morgan fingerprint density at radius 3 is 1.96 bits per heavy atom.